The summed E-state index contributed by atoms with van der Waals surface area (Å²) in [7, 11) is 0. The minimum absolute atomic E-state index is 0.242. The van der Waals surface area contributed by atoms with Crippen LogP contribution in [0.2, 0.25) is 20.1 Å². The van der Waals surface area contributed by atoms with Gasteiger partial charge in [-0.25, -0.2) is 0 Å². The molecule has 0 aliphatic carbocycles. The van der Waals surface area contributed by atoms with Crippen molar-refractivity contribution in [1.29, 1.82) is 0 Å². The zero-order chi connectivity index (χ0) is 14.9. The van der Waals surface area contributed by atoms with Gasteiger partial charge in [0.2, 0.25) is 0 Å². The number of aliphatic carboxylic acids is 1. The third-order valence-corrected chi connectivity index (χ3v) is 3.92. The van der Waals surface area contributed by atoms with E-state index in [0.717, 1.165) is 0 Å². The number of carbonyl (C=O) groups is 1. The zero-order valence-electron chi connectivity index (χ0n) is 9.83. The van der Waals surface area contributed by atoms with Gasteiger partial charge in [-0.2, -0.15) is 0 Å². The lowest BCUT2D eigenvalue weighted by Gasteiger charge is -2.08. The van der Waals surface area contributed by atoms with Gasteiger partial charge < -0.3 is 5.11 Å². The maximum atomic E-state index is 10.7. The molecule has 1 N–H and O–H groups in total. The van der Waals surface area contributed by atoms with Crippen LogP contribution in [0.1, 0.15) is 5.69 Å². The molecule has 0 saturated heterocycles. The van der Waals surface area contributed by atoms with Crippen LogP contribution in [0.4, 0.5) is 0 Å². The molecule has 0 radical (unpaired) electrons. The number of carboxylic acids is 1. The second kappa shape index (κ2) is 6.19. The van der Waals surface area contributed by atoms with Gasteiger partial charge in [-0.3, -0.25) is 9.78 Å². The van der Waals surface area contributed by atoms with Gasteiger partial charge in [-0.05, 0) is 18.2 Å². The normalized spacial score (nSPS) is 10.6. The van der Waals surface area contributed by atoms with E-state index >= 15 is 0 Å². The van der Waals surface area contributed by atoms with E-state index in [9.17, 15) is 4.79 Å². The lowest BCUT2D eigenvalue weighted by atomic mass is 10.1. The van der Waals surface area contributed by atoms with E-state index in [0.29, 0.717) is 31.9 Å². The predicted molar refractivity (Wildman–Crippen MR) is 81.1 cm³/mol. The van der Waals surface area contributed by atoms with Crippen LogP contribution in [0.25, 0.3) is 11.1 Å². The van der Waals surface area contributed by atoms with Gasteiger partial charge in [0.1, 0.15) is 0 Å². The lowest BCUT2D eigenvalue weighted by molar-refractivity contribution is -0.136. The van der Waals surface area contributed by atoms with E-state index in [4.69, 9.17) is 51.5 Å². The first-order valence-electron chi connectivity index (χ1n) is 5.39. The first kappa shape index (κ1) is 15.4. The van der Waals surface area contributed by atoms with Crippen molar-refractivity contribution in [2.45, 2.75) is 6.42 Å². The van der Waals surface area contributed by atoms with Crippen molar-refractivity contribution < 1.29 is 9.90 Å². The van der Waals surface area contributed by atoms with Crippen LogP contribution < -0.4 is 0 Å². The minimum Gasteiger partial charge on any atom is -0.481 e. The number of pyridine rings is 1. The summed E-state index contributed by atoms with van der Waals surface area (Å²) in [6.07, 6.45) is 1.25. The van der Waals surface area contributed by atoms with Gasteiger partial charge in [-0.1, -0.05) is 46.4 Å². The Labute approximate surface area is 135 Å². The molecule has 2 rings (SSSR count). The van der Waals surface area contributed by atoms with Crippen molar-refractivity contribution in [3.05, 3.63) is 50.2 Å². The second-order valence-electron chi connectivity index (χ2n) is 3.97. The van der Waals surface area contributed by atoms with E-state index in [1.165, 1.54) is 12.3 Å². The summed E-state index contributed by atoms with van der Waals surface area (Å²) < 4.78 is 0. The molecular weight excluding hydrogens is 344 g/mol. The van der Waals surface area contributed by atoms with E-state index < -0.39 is 5.97 Å². The molecule has 0 saturated carbocycles. The van der Waals surface area contributed by atoms with Gasteiger partial charge in [0.15, 0.2) is 0 Å². The Bertz CT molecular complexity index is 688. The molecule has 0 spiro atoms. The maximum absolute atomic E-state index is 10.7. The summed E-state index contributed by atoms with van der Waals surface area (Å²) in [5, 5.41) is 10.1. The van der Waals surface area contributed by atoms with Crippen molar-refractivity contribution >= 4 is 52.4 Å². The first-order valence-corrected chi connectivity index (χ1v) is 6.91. The molecule has 1 aromatic carbocycles. The quantitative estimate of drug-likeness (QED) is 0.793. The van der Waals surface area contributed by atoms with Crippen LogP contribution >= 0.6 is 46.4 Å². The number of aromatic nitrogens is 1. The highest BCUT2D eigenvalue weighted by atomic mass is 35.5. The predicted octanol–water partition coefficient (Wildman–Crippen LogP) is 4.99. The second-order valence-corrected chi connectivity index (χ2v) is 5.60. The van der Waals surface area contributed by atoms with E-state index in [2.05, 4.69) is 4.98 Å². The Morgan fingerprint density at radius 2 is 1.65 bits per heavy atom. The van der Waals surface area contributed by atoms with Gasteiger partial charge in [0, 0.05) is 17.3 Å². The van der Waals surface area contributed by atoms with E-state index in [-0.39, 0.29) is 11.4 Å². The fraction of sp³-hybridized carbons (Fsp3) is 0.0769. The van der Waals surface area contributed by atoms with Crippen molar-refractivity contribution in [3.8, 4) is 11.1 Å². The highest BCUT2D eigenvalue weighted by Gasteiger charge is 2.12. The fourth-order valence-electron chi connectivity index (χ4n) is 1.63. The number of halogens is 4. The molecule has 0 aliphatic rings. The number of rotatable bonds is 3. The number of carboxylic acid groups (broad SMARTS) is 1. The monoisotopic (exact) mass is 349 g/mol. The van der Waals surface area contributed by atoms with Crippen molar-refractivity contribution in [3.63, 3.8) is 0 Å². The number of hydrogen-bond donors (Lipinski definition) is 1. The van der Waals surface area contributed by atoms with Gasteiger partial charge in [-0.15, -0.1) is 0 Å². The molecule has 0 unspecified atom stereocenters. The SMILES string of the molecule is O=C(O)Cc1ncc(-c2cc(Cl)c(Cl)cc2Cl)cc1Cl. The smallest absolute Gasteiger partial charge is 0.309 e. The Morgan fingerprint density at radius 1 is 1.00 bits per heavy atom. The molecular formula is C13H7Cl4NO2. The highest BCUT2D eigenvalue weighted by molar-refractivity contribution is 6.44. The summed E-state index contributed by atoms with van der Waals surface area (Å²) in [5.41, 5.74) is 1.55. The standard InChI is InChI=1S/C13H7Cl4NO2/c14-8-3-10(16)9(15)2-7(8)6-1-11(17)12(18-5-6)4-13(19)20/h1-3,5H,4H2,(H,19,20). The fourth-order valence-corrected chi connectivity index (χ4v) is 2.52. The molecule has 7 heteroatoms. The van der Waals surface area contributed by atoms with Crippen LogP contribution in [0.15, 0.2) is 24.4 Å². The van der Waals surface area contributed by atoms with Crippen LogP contribution in [0, 0.1) is 0 Å². The van der Waals surface area contributed by atoms with Crippen LogP contribution in [0.5, 0.6) is 0 Å². The number of hydrogen-bond acceptors (Lipinski definition) is 2. The largest absolute Gasteiger partial charge is 0.481 e. The van der Waals surface area contributed by atoms with Crippen molar-refractivity contribution in [1.82, 2.24) is 4.98 Å². The third kappa shape index (κ3) is 3.36. The minimum atomic E-state index is -1.00. The maximum Gasteiger partial charge on any atom is 0.309 e. The summed E-state index contributed by atoms with van der Waals surface area (Å²) in [6, 6.07) is 4.73. The summed E-state index contributed by atoms with van der Waals surface area (Å²) in [4.78, 5) is 14.7. The zero-order valence-corrected chi connectivity index (χ0v) is 12.9. The van der Waals surface area contributed by atoms with Gasteiger partial charge in [0.05, 0.1) is 32.2 Å². The van der Waals surface area contributed by atoms with Gasteiger partial charge >= 0.3 is 5.97 Å². The Morgan fingerprint density at radius 3 is 2.25 bits per heavy atom. The molecule has 0 aliphatic heterocycles. The average molecular weight is 351 g/mol. The Hall–Kier alpha value is -1.000. The molecule has 104 valence electrons. The summed E-state index contributed by atoms with van der Waals surface area (Å²) in [5.74, 6) is -1.00. The molecule has 0 fully saturated rings. The van der Waals surface area contributed by atoms with Gasteiger partial charge in [0.25, 0.3) is 0 Å². The topological polar surface area (TPSA) is 50.2 Å². The van der Waals surface area contributed by atoms with E-state index in [1.54, 1.807) is 12.1 Å². The van der Waals surface area contributed by atoms with Crippen LogP contribution in [0.3, 0.4) is 0 Å². The van der Waals surface area contributed by atoms with Crippen LogP contribution in [-0.4, -0.2) is 16.1 Å². The van der Waals surface area contributed by atoms with Crippen molar-refractivity contribution in [2.75, 3.05) is 0 Å². The molecule has 0 amide bonds. The van der Waals surface area contributed by atoms with E-state index in [1.807, 2.05) is 0 Å². The molecule has 3 nitrogen and oxygen atoms in total. The first-order chi connectivity index (χ1) is 9.38. The molecule has 1 heterocycles. The number of benzene rings is 1. The molecule has 0 atom stereocenters. The Balaban J connectivity index is 2.47. The third-order valence-electron chi connectivity index (χ3n) is 2.56. The summed E-state index contributed by atoms with van der Waals surface area (Å²) >= 11 is 23.9. The Kier molecular flexibility index (Phi) is 4.76. The lowest BCUT2D eigenvalue weighted by Crippen LogP contribution is -2.03. The van der Waals surface area contributed by atoms with Crippen molar-refractivity contribution in [2.24, 2.45) is 0 Å². The molecule has 0 bridgehead atoms. The molecule has 2 aromatic rings. The molecule has 1 aromatic heterocycles. The number of nitrogens with zero attached hydrogens (tertiary/aromatic N) is 1. The average Bonchev–Trinajstić information content (AvgIpc) is 2.36. The highest BCUT2D eigenvalue weighted by Crippen LogP contribution is 2.36. The molecule has 20 heavy (non-hydrogen) atoms. The van der Waals surface area contributed by atoms with Crippen LogP contribution in [-0.2, 0) is 11.2 Å². The summed E-state index contributed by atoms with van der Waals surface area (Å²) in [6.45, 7) is 0.